The van der Waals surface area contributed by atoms with Crippen LogP contribution in [-0.2, 0) is 4.79 Å². The summed E-state index contributed by atoms with van der Waals surface area (Å²) in [5, 5.41) is 5.03. The van der Waals surface area contributed by atoms with Gasteiger partial charge < -0.3 is 10.1 Å². The van der Waals surface area contributed by atoms with Crippen molar-refractivity contribution >= 4 is 40.3 Å². The summed E-state index contributed by atoms with van der Waals surface area (Å²) in [4.78, 5) is 33.7. The Hall–Kier alpha value is -3.75. The maximum Gasteiger partial charge on any atom is 0.271 e. The van der Waals surface area contributed by atoms with Crippen LogP contribution in [0.25, 0.3) is 6.08 Å². The summed E-state index contributed by atoms with van der Waals surface area (Å²) < 4.78 is 7.55. The quantitative estimate of drug-likeness (QED) is 0.424. The fraction of sp³-hybridized carbons (Fsp3) is 0.179. The van der Waals surface area contributed by atoms with Gasteiger partial charge in [-0.25, -0.2) is 4.99 Å². The molecule has 2 aromatic carbocycles. The van der Waals surface area contributed by atoms with Gasteiger partial charge in [-0.05, 0) is 67.6 Å². The third kappa shape index (κ3) is 4.45. The van der Waals surface area contributed by atoms with Crippen LogP contribution < -0.4 is 24.9 Å². The number of aromatic nitrogens is 1. The number of nitrogens with zero attached hydrogens (tertiary/aromatic N) is 2. The molecule has 1 N–H and O–H groups in total. The van der Waals surface area contributed by atoms with Crippen LogP contribution >= 0.6 is 22.7 Å². The predicted molar refractivity (Wildman–Crippen MR) is 146 cm³/mol. The van der Waals surface area contributed by atoms with Crippen LogP contribution in [0.5, 0.6) is 5.75 Å². The second-order valence-corrected chi connectivity index (χ2v) is 10.6. The molecular formula is C28H25N3O3S2. The first-order valence-corrected chi connectivity index (χ1v) is 13.1. The average Bonchev–Trinajstić information content (AvgIpc) is 3.48. The highest BCUT2D eigenvalue weighted by molar-refractivity contribution is 7.11. The van der Waals surface area contributed by atoms with Crippen LogP contribution in [0.3, 0.4) is 0 Å². The molecule has 1 aliphatic rings. The van der Waals surface area contributed by atoms with Gasteiger partial charge in [0.05, 0.1) is 29.0 Å². The number of allylic oxidation sites excluding steroid dienone is 1. The average molecular weight is 516 g/mol. The lowest BCUT2D eigenvalue weighted by molar-refractivity contribution is -0.113. The summed E-state index contributed by atoms with van der Waals surface area (Å²) in [7, 11) is 1.61. The maximum absolute atomic E-state index is 13.7. The van der Waals surface area contributed by atoms with Crippen molar-refractivity contribution in [3.63, 3.8) is 0 Å². The van der Waals surface area contributed by atoms with E-state index in [1.54, 1.807) is 23.0 Å². The number of fused-ring (bicyclic) bond motifs is 1. The summed E-state index contributed by atoms with van der Waals surface area (Å²) in [6.45, 7) is 5.80. The van der Waals surface area contributed by atoms with Gasteiger partial charge in [0.15, 0.2) is 4.80 Å². The molecule has 0 unspecified atom stereocenters. The zero-order valence-electron chi connectivity index (χ0n) is 20.4. The molecule has 5 rings (SSSR count). The first-order valence-electron chi connectivity index (χ1n) is 11.4. The van der Waals surface area contributed by atoms with Crippen LogP contribution in [0.1, 0.15) is 34.5 Å². The Morgan fingerprint density at radius 3 is 2.56 bits per heavy atom. The standard InChI is InChI=1S/C28H25N3O3S2/c1-16-7-12-22(17(2)14-16)30-26(32)24-18(3)29-28-31(25(24)19-8-10-20(34-4)11-9-19)27(33)23(36-28)15-21-6-5-13-35-21/h5-15,25H,1-4H3,(H,30,32)/b23-15+/t25-/m0/s1. The van der Waals surface area contributed by atoms with Crippen LogP contribution in [0.15, 0.2) is 81.0 Å². The molecule has 0 saturated carbocycles. The molecule has 4 aromatic rings. The number of carbonyl (C=O) groups is 1. The van der Waals surface area contributed by atoms with Gasteiger partial charge >= 0.3 is 0 Å². The molecule has 0 aliphatic carbocycles. The number of benzene rings is 2. The minimum atomic E-state index is -0.622. The van der Waals surface area contributed by atoms with E-state index in [2.05, 4.69) is 5.32 Å². The van der Waals surface area contributed by atoms with Gasteiger partial charge in [0, 0.05) is 10.6 Å². The normalized spacial score (nSPS) is 15.4. The van der Waals surface area contributed by atoms with Gasteiger partial charge in [0.25, 0.3) is 11.5 Å². The fourth-order valence-electron chi connectivity index (χ4n) is 4.36. The Kier molecular flexibility index (Phi) is 6.47. The van der Waals surface area contributed by atoms with Gasteiger partial charge in [-0.15, -0.1) is 11.3 Å². The monoisotopic (exact) mass is 515 g/mol. The first-order chi connectivity index (χ1) is 17.4. The van der Waals surface area contributed by atoms with E-state index in [4.69, 9.17) is 9.73 Å². The summed E-state index contributed by atoms with van der Waals surface area (Å²) >= 11 is 2.90. The molecule has 0 saturated heterocycles. The van der Waals surface area contributed by atoms with Gasteiger partial charge in [-0.1, -0.05) is 47.2 Å². The Morgan fingerprint density at radius 2 is 1.89 bits per heavy atom. The lowest BCUT2D eigenvalue weighted by Gasteiger charge is -2.25. The van der Waals surface area contributed by atoms with Crippen molar-refractivity contribution < 1.29 is 9.53 Å². The van der Waals surface area contributed by atoms with Gasteiger partial charge in [0.2, 0.25) is 0 Å². The molecule has 0 radical (unpaired) electrons. The molecule has 36 heavy (non-hydrogen) atoms. The summed E-state index contributed by atoms with van der Waals surface area (Å²) in [5.41, 5.74) is 4.48. The van der Waals surface area contributed by atoms with E-state index < -0.39 is 6.04 Å². The molecule has 2 aromatic heterocycles. The molecule has 3 heterocycles. The predicted octanol–water partition coefficient (Wildman–Crippen LogP) is 4.56. The summed E-state index contributed by atoms with van der Waals surface area (Å²) in [5.74, 6) is 0.419. The van der Waals surface area contributed by atoms with Crippen LogP contribution in [0.2, 0.25) is 0 Å². The van der Waals surface area contributed by atoms with Crippen molar-refractivity contribution in [2.45, 2.75) is 26.8 Å². The van der Waals surface area contributed by atoms with Crippen molar-refractivity contribution in [2.24, 2.45) is 4.99 Å². The molecule has 6 nitrogen and oxygen atoms in total. The Morgan fingerprint density at radius 1 is 1.11 bits per heavy atom. The third-order valence-corrected chi connectivity index (χ3v) is 7.95. The second kappa shape index (κ2) is 9.72. The number of nitrogens with one attached hydrogen (secondary N) is 1. The molecule has 1 aliphatic heterocycles. The zero-order chi connectivity index (χ0) is 25.4. The Balaban J connectivity index is 1.66. The van der Waals surface area contributed by atoms with E-state index in [1.807, 2.05) is 86.8 Å². The number of rotatable bonds is 5. The zero-order valence-corrected chi connectivity index (χ0v) is 22.0. The van der Waals surface area contributed by atoms with Crippen molar-refractivity contribution in [1.82, 2.24) is 4.57 Å². The fourth-order valence-corrected chi connectivity index (χ4v) is 6.13. The number of thiazole rings is 1. The number of carbonyl (C=O) groups excluding carboxylic acids is 1. The van der Waals surface area contributed by atoms with E-state index in [0.29, 0.717) is 26.4 Å². The molecule has 0 spiro atoms. The molecule has 8 heteroatoms. The number of thiophene rings is 1. The van der Waals surface area contributed by atoms with E-state index in [0.717, 1.165) is 27.3 Å². The first kappa shape index (κ1) is 24.0. The topological polar surface area (TPSA) is 72.7 Å². The number of methoxy groups -OCH3 is 1. The molecule has 1 amide bonds. The highest BCUT2D eigenvalue weighted by Crippen LogP contribution is 2.32. The van der Waals surface area contributed by atoms with Crippen LogP contribution in [-0.4, -0.2) is 17.6 Å². The van der Waals surface area contributed by atoms with Crippen molar-refractivity contribution in [1.29, 1.82) is 0 Å². The van der Waals surface area contributed by atoms with Gasteiger partial charge in [-0.2, -0.15) is 0 Å². The van der Waals surface area contributed by atoms with Crippen molar-refractivity contribution in [3.05, 3.63) is 113 Å². The van der Waals surface area contributed by atoms with Crippen molar-refractivity contribution in [3.8, 4) is 5.75 Å². The number of ether oxygens (including phenoxy) is 1. The van der Waals surface area contributed by atoms with E-state index in [9.17, 15) is 9.59 Å². The van der Waals surface area contributed by atoms with Crippen LogP contribution in [0, 0.1) is 13.8 Å². The Bertz CT molecular complexity index is 1660. The minimum Gasteiger partial charge on any atom is -0.497 e. The number of aryl methyl sites for hydroxylation is 2. The van der Waals surface area contributed by atoms with E-state index in [-0.39, 0.29) is 11.5 Å². The Labute approximate surface area is 216 Å². The largest absolute Gasteiger partial charge is 0.497 e. The van der Waals surface area contributed by atoms with E-state index in [1.165, 1.54) is 11.3 Å². The molecule has 0 bridgehead atoms. The highest BCUT2D eigenvalue weighted by atomic mass is 32.1. The second-order valence-electron chi connectivity index (χ2n) is 8.64. The smallest absolute Gasteiger partial charge is 0.271 e. The maximum atomic E-state index is 13.7. The molecular weight excluding hydrogens is 490 g/mol. The number of anilines is 1. The summed E-state index contributed by atoms with van der Waals surface area (Å²) in [6.07, 6.45) is 1.88. The SMILES string of the molecule is COc1ccc([C@H]2C(C(=O)Nc3ccc(C)cc3C)=C(C)N=c3s/c(=C/c4cccs4)c(=O)n32)cc1. The van der Waals surface area contributed by atoms with Gasteiger partial charge in [0.1, 0.15) is 5.75 Å². The number of amides is 1. The van der Waals surface area contributed by atoms with Crippen molar-refractivity contribution in [2.75, 3.05) is 12.4 Å². The van der Waals surface area contributed by atoms with Crippen LogP contribution in [0.4, 0.5) is 5.69 Å². The number of hydrogen-bond acceptors (Lipinski definition) is 6. The third-order valence-electron chi connectivity index (χ3n) is 6.14. The number of hydrogen-bond donors (Lipinski definition) is 1. The molecule has 182 valence electrons. The summed E-state index contributed by atoms with van der Waals surface area (Å²) in [6, 6.07) is 16.6. The lowest BCUT2D eigenvalue weighted by Crippen LogP contribution is -2.40. The van der Waals surface area contributed by atoms with Gasteiger partial charge in [-0.3, -0.25) is 14.2 Å². The minimum absolute atomic E-state index is 0.169. The molecule has 0 fully saturated rings. The molecule has 1 atom stereocenters. The highest BCUT2D eigenvalue weighted by Gasteiger charge is 2.32. The lowest BCUT2D eigenvalue weighted by atomic mass is 9.95. The van der Waals surface area contributed by atoms with E-state index >= 15 is 0 Å².